The molecule has 122 valence electrons. The van der Waals surface area contributed by atoms with E-state index in [1.54, 1.807) is 4.90 Å². The van der Waals surface area contributed by atoms with Gasteiger partial charge in [-0.25, -0.2) is 4.79 Å². The number of aryl methyl sites for hydroxylation is 2. The molecule has 0 radical (unpaired) electrons. The highest BCUT2D eigenvalue weighted by Gasteiger charge is 2.11. The van der Waals surface area contributed by atoms with Gasteiger partial charge in [0.05, 0.1) is 0 Å². The molecule has 0 aliphatic rings. The van der Waals surface area contributed by atoms with Crippen molar-refractivity contribution in [2.24, 2.45) is 0 Å². The molecular formula is C19H24N2O2. The number of hydrogen-bond acceptors (Lipinski definition) is 2. The van der Waals surface area contributed by atoms with Crippen molar-refractivity contribution in [2.45, 2.75) is 27.3 Å². The fourth-order valence-electron chi connectivity index (χ4n) is 2.38. The van der Waals surface area contributed by atoms with Gasteiger partial charge in [0.1, 0.15) is 5.75 Å². The highest BCUT2D eigenvalue weighted by Crippen LogP contribution is 2.18. The average Bonchev–Trinajstić information content (AvgIpc) is 2.55. The van der Waals surface area contributed by atoms with Crippen molar-refractivity contribution in [2.75, 3.05) is 13.3 Å². The molecule has 4 heteroatoms. The Labute approximate surface area is 138 Å². The molecule has 23 heavy (non-hydrogen) atoms. The fourth-order valence-corrected chi connectivity index (χ4v) is 2.38. The van der Waals surface area contributed by atoms with Crippen LogP contribution in [-0.4, -0.2) is 24.2 Å². The van der Waals surface area contributed by atoms with Gasteiger partial charge in [-0.2, -0.15) is 0 Å². The standard InChI is InChI=1S/C19H24N2O2/c1-4-21(13-17-8-6-5-7-9-17)19(22)20-14-23-18-11-10-15(2)12-16(18)3/h5-12H,4,13-14H2,1-3H3,(H,20,22). The van der Waals surface area contributed by atoms with Crippen LogP contribution in [0.3, 0.4) is 0 Å². The third kappa shape index (κ3) is 5.02. The van der Waals surface area contributed by atoms with E-state index in [0.29, 0.717) is 13.1 Å². The lowest BCUT2D eigenvalue weighted by Crippen LogP contribution is -2.41. The molecule has 2 aromatic rings. The molecule has 0 atom stereocenters. The van der Waals surface area contributed by atoms with Gasteiger partial charge in [-0.15, -0.1) is 0 Å². The molecule has 0 fully saturated rings. The molecule has 2 aromatic carbocycles. The zero-order chi connectivity index (χ0) is 16.7. The van der Waals surface area contributed by atoms with E-state index in [2.05, 4.69) is 11.4 Å². The van der Waals surface area contributed by atoms with Crippen LogP contribution in [0.5, 0.6) is 5.75 Å². The van der Waals surface area contributed by atoms with Gasteiger partial charge in [-0.05, 0) is 38.0 Å². The van der Waals surface area contributed by atoms with Crippen LogP contribution < -0.4 is 10.1 Å². The summed E-state index contributed by atoms with van der Waals surface area (Å²) in [7, 11) is 0. The highest BCUT2D eigenvalue weighted by atomic mass is 16.5. The lowest BCUT2D eigenvalue weighted by molar-refractivity contribution is 0.184. The van der Waals surface area contributed by atoms with Crippen LogP contribution in [-0.2, 0) is 6.54 Å². The molecule has 2 rings (SSSR count). The summed E-state index contributed by atoms with van der Waals surface area (Å²) >= 11 is 0. The highest BCUT2D eigenvalue weighted by molar-refractivity contribution is 5.74. The normalized spacial score (nSPS) is 10.2. The molecule has 0 spiro atoms. The number of urea groups is 1. The van der Waals surface area contributed by atoms with Gasteiger partial charge in [0.25, 0.3) is 0 Å². The summed E-state index contributed by atoms with van der Waals surface area (Å²) in [4.78, 5) is 14.0. The molecule has 4 nitrogen and oxygen atoms in total. The maximum Gasteiger partial charge on any atom is 0.320 e. The number of ether oxygens (including phenoxy) is 1. The zero-order valence-corrected chi connectivity index (χ0v) is 14.0. The van der Waals surface area contributed by atoms with E-state index >= 15 is 0 Å². The van der Waals surface area contributed by atoms with Crippen LogP contribution in [0.15, 0.2) is 48.5 Å². The molecule has 0 heterocycles. The summed E-state index contributed by atoms with van der Waals surface area (Å²) in [6.45, 7) is 7.40. The van der Waals surface area contributed by atoms with Crippen LogP contribution in [0.25, 0.3) is 0 Å². The number of benzene rings is 2. The van der Waals surface area contributed by atoms with Crippen LogP contribution in [0.4, 0.5) is 4.79 Å². The Morgan fingerprint density at radius 1 is 1.13 bits per heavy atom. The maximum atomic E-state index is 12.2. The van der Waals surface area contributed by atoms with Crippen molar-refractivity contribution in [3.63, 3.8) is 0 Å². The lowest BCUT2D eigenvalue weighted by Gasteiger charge is -2.21. The Morgan fingerprint density at radius 3 is 2.52 bits per heavy atom. The van der Waals surface area contributed by atoms with Crippen molar-refractivity contribution in [1.82, 2.24) is 10.2 Å². The van der Waals surface area contributed by atoms with Gasteiger partial charge < -0.3 is 15.0 Å². The first-order chi connectivity index (χ1) is 11.1. The minimum atomic E-state index is -0.124. The van der Waals surface area contributed by atoms with Crippen molar-refractivity contribution in [3.8, 4) is 5.75 Å². The van der Waals surface area contributed by atoms with Gasteiger partial charge in [0, 0.05) is 13.1 Å². The maximum absolute atomic E-state index is 12.2. The monoisotopic (exact) mass is 312 g/mol. The number of nitrogens with one attached hydrogen (secondary N) is 1. The number of carbonyl (C=O) groups excluding carboxylic acids is 1. The zero-order valence-electron chi connectivity index (χ0n) is 14.0. The topological polar surface area (TPSA) is 41.6 Å². The molecule has 0 bridgehead atoms. The summed E-state index contributed by atoms with van der Waals surface area (Å²) in [6.07, 6.45) is 0. The lowest BCUT2D eigenvalue weighted by atomic mass is 10.1. The second kappa shape index (κ2) is 8.22. The van der Waals surface area contributed by atoms with Gasteiger partial charge in [0.2, 0.25) is 0 Å². The molecule has 0 aromatic heterocycles. The van der Waals surface area contributed by atoms with Gasteiger partial charge in [0.15, 0.2) is 6.73 Å². The van der Waals surface area contributed by atoms with Crippen LogP contribution in [0.2, 0.25) is 0 Å². The number of amides is 2. The minimum absolute atomic E-state index is 0.124. The summed E-state index contributed by atoms with van der Waals surface area (Å²) in [6, 6.07) is 15.8. The average molecular weight is 312 g/mol. The summed E-state index contributed by atoms with van der Waals surface area (Å²) in [5, 5.41) is 2.81. The second-order valence-electron chi connectivity index (χ2n) is 5.54. The van der Waals surface area contributed by atoms with E-state index in [0.717, 1.165) is 16.9 Å². The van der Waals surface area contributed by atoms with Crippen LogP contribution in [0, 0.1) is 13.8 Å². The Bertz CT molecular complexity index is 641. The first kappa shape index (κ1) is 16.9. The summed E-state index contributed by atoms with van der Waals surface area (Å²) < 4.78 is 5.65. The van der Waals surface area contributed by atoms with Crippen molar-refractivity contribution >= 4 is 6.03 Å². The predicted molar refractivity (Wildman–Crippen MR) is 92.5 cm³/mol. The predicted octanol–water partition coefficient (Wildman–Crippen LogP) is 3.87. The summed E-state index contributed by atoms with van der Waals surface area (Å²) in [5.74, 6) is 0.794. The molecular weight excluding hydrogens is 288 g/mol. The van der Waals surface area contributed by atoms with Crippen molar-refractivity contribution < 1.29 is 9.53 Å². The van der Waals surface area contributed by atoms with E-state index in [1.165, 1.54) is 5.56 Å². The van der Waals surface area contributed by atoms with Crippen LogP contribution >= 0.6 is 0 Å². The van der Waals surface area contributed by atoms with Gasteiger partial charge in [-0.1, -0.05) is 48.0 Å². The van der Waals surface area contributed by atoms with Crippen LogP contribution in [0.1, 0.15) is 23.6 Å². The number of nitrogens with zero attached hydrogens (tertiary/aromatic N) is 1. The van der Waals surface area contributed by atoms with Gasteiger partial charge >= 0.3 is 6.03 Å². The smallest absolute Gasteiger partial charge is 0.320 e. The SMILES string of the molecule is CCN(Cc1ccccc1)C(=O)NCOc1ccc(C)cc1C. The fraction of sp³-hybridized carbons (Fsp3) is 0.316. The molecule has 0 aliphatic heterocycles. The minimum Gasteiger partial charge on any atom is -0.473 e. The first-order valence-corrected chi connectivity index (χ1v) is 7.87. The van der Waals surface area contributed by atoms with E-state index in [4.69, 9.17) is 4.74 Å². The Morgan fingerprint density at radius 2 is 1.87 bits per heavy atom. The first-order valence-electron chi connectivity index (χ1n) is 7.87. The van der Waals surface area contributed by atoms with Crippen molar-refractivity contribution in [1.29, 1.82) is 0 Å². The number of carbonyl (C=O) groups is 1. The van der Waals surface area contributed by atoms with E-state index in [9.17, 15) is 4.79 Å². The Balaban J connectivity index is 1.85. The Kier molecular flexibility index (Phi) is 6.03. The molecule has 0 unspecified atom stereocenters. The van der Waals surface area contributed by atoms with Crippen molar-refractivity contribution in [3.05, 3.63) is 65.2 Å². The van der Waals surface area contributed by atoms with E-state index < -0.39 is 0 Å². The quantitative estimate of drug-likeness (QED) is 0.823. The third-order valence-corrected chi connectivity index (χ3v) is 3.67. The van der Waals surface area contributed by atoms with Gasteiger partial charge in [-0.3, -0.25) is 0 Å². The number of rotatable bonds is 6. The largest absolute Gasteiger partial charge is 0.473 e. The molecule has 0 aliphatic carbocycles. The third-order valence-electron chi connectivity index (χ3n) is 3.67. The molecule has 0 saturated carbocycles. The molecule has 1 N–H and O–H groups in total. The molecule has 2 amide bonds. The molecule has 0 saturated heterocycles. The van der Waals surface area contributed by atoms with E-state index in [1.807, 2.05) is 63.2 Å². The summed E-state index contributed by atoms with van der Waals surface area (Å²) in [5.41, 5.74) is 3.37. The second-order valence-corrected chi connectivity index (χ2v) is 5.54. The number of hydrogen-bond donors (Lipinski definition) is 1. The Hall–Kier alpha value is -2.49. The van der Waals surface area contributed by atoms with E-state index in [-0.39, 0.29) is 12.8 Å².